The lowest BCUT2D eigenvalue weighted by molar-refractivity contribution is -0.117. The number of fused-ring (bicyclic) bond motifs is 1. The van der Waals surface area contributed by atoms with Crippen molar-refractivity contribution < 1.29 is 9.53 Å². The van der Waals surface area contributed by atoms with Crippen molar-refractivity contribution in [3.05, 3.63) is 82.5 Å². The number of rotatable bonds is 7. The van der Waals surface area contributed by atoms with Gasteiger partial charge in [-0.05, 0) is 30.2 Å². The standard InChI is InChI=1S/C22H21N5O3S/c1-15-8-9-18(30-2)17(12-15)24-19(28)13-27-22(29)26-11-10-23-21(20(26)25-27)31-14-16-6-4-3-5-7-16/h3-12H,13-14H2,1-2H3,(H,24,28). The van der Waals surface area contributed by atoms with E-state index in [1.807, 2.05) is 49.4 Å². The number of carbonyl (C=O) groups is 1. The summed E-state index contributed by atoms with van der Waals surface area (Å²) in [5.74, 6) is 0.869. The van der Waals surface area contributed by atoms with Crippen LogP contribution in [0.1, 0.15) is 11.1 Å². The van der Waals surface area contributed by atoms with E-state index in [1.54, 1.807) is 18.5 Å². The largest absolute Gasteiger partial charge is 0.495 e. The van der Waals surface area contributed by atoms with Crippen molar-refractivity contribution in [3.8, 4) is 5.75 Å². The minimum atomic E-state index is -0.398. The van der Waals surface area contributed by atoms with E-state index in [2.05, 4.69) is 15.4 Å². The van der Waals surface area contributed by atoms with Crippen molar-refractivity contribution in [1.82, 2.24) is 19.2 Å². The number of anilines is 1. The Morgan fingerprint density at radius 1 is 1.19 bits per heavy atom. The molecule has 31 heavy (non-hydrogen) atoms. The van der Waals surface area contributed by atoms with Gasteiger partial charge in [-0.25, -0.2) is 18.9 Å². The molecule has 0 bridgehead atoms. The molecule has 1 amide bonds. The molecular weight excluding hydrogens is 414 g/mol. The third-order valence-corrected chi connectivity index (χ3v) is 5.65. The summed E-state index contributed by atoms with van der Waals surface area (Å²) in [5, 5.41) is 7.78. The Labute approximate surface area is 182 Å². The Balaban J connectivity index is 1.54. The molecule has 0 saturated heterocycles. The molecule has 0 aliphatic carbocycles. The topological polar surface area (TPSA) is 90.5 Å². The van der Waals surface area contributed by atoms with Gasteiger partial charge in [-0.15, -0.1) is 5.10 Å². The Morgan fingerprint density at radius 3 is 2.77 bits per heavy atom. The Morgan fingerprint density at radius 2 is 2.00 bits per heavy atom. The van der Waals surface area contributed by atoms with E-state index < -0.39 is 5.69 Å². The highest BCUT2D eigenvalue weighted by Gasteiger charge is 2.16. The molecule has 2 heterocycles. The number of thioether (sulfide) groups is 1. The molecule has 2 aromatic carbocycles. The first-order valence-electron chi connectivity index (χ1n) is 9.60. The molecule has 0 aliphatic rings. The van der Waals surface area contributed by atoms with Crippen LogP contribution in [-0.4, -0.2) is 32.2 Å². The van der Waals surface area contributed by atoms with Crippen LogP contribution in [0.4, 0.5) is 5.69 Å². The van der Waals surface area contributed by atoms with Gasteiger partial charge in [0.25, 0.3) is 0 Å². The van der Waals surface area contributed by atoms with Gasteiger partial charge in [0.1, 0.15) is 17.3 Å². The van der Waals surface area contributed by atoms with E-state index in [-0.39, 0.29) is 12.5 Å². The molecule has 0 saturated carbocycles. The summed E-state index contributed by atoms with van der Waals surface area (Å²) in [5.41, 5.74) is 2.70. The highest BCUT2D eigenvalue weighted by atomic mass is 32.2. The van der Waals surface area contributed by atoms with E-state index in [1.165, 1.54) is 23.3 Å². The van der Waals surface area contributed by atoms with Gasteiger partial charge in [-0.1, -0.05) is 48.2 Å². The second-order valence-electron chi connectivity index (χ2n) is 6.89. The molecule has 0 atom stereocenters. The predicted octanol–water partition coefficient (Wildman–Crippen LogP) is 3.14. The average Bonchev–Trinajstić information content (AvgIpc) is 3.09. The maximum absolute atomic E-state index is 12.7. The molecule has 9 heteroatoms. The number of nitrogens with one attached hydrogen (secondary N) is 1. The van der Waals surface area contributed by atoms with E-state index in [0.29, 0.717) is 27.9 Å². The smallest absolute Gasteiger partial charge is 0.350 e. The van der Waals surface area contributed by atoms with E-state index in [9.17, 15) is 9.59 Å². The fourth-order valence-corrected chi connectivity index (χ4v) is 4.00. The van der Waals surface area contributed by atoms with Gasteiger partial charge in [0.2, 0.25) is 5.91 Å². The monoisotopic (exact) mass is 435 g/mol. The van der Waals surface area contributed by atoms with Gasteiger partial charge in [0.15, 0.2) is 5.65 Å². The number of amides is 1. The first-order valence-corrected chi connectivity index (χ1v) is 10.6. The van der Waals surface area contributed by atoms with Gasteiger partial charge in [0, 0.05) is 18.1 Å². The van der Waals surface area contributed by atoms with Crippen molar-refractivity contribution in [3.63, 3.8) is 0 Å². The second-order valence-corrected chi connectivity index (χ2v) is 7.86. The zero-order valence-electron chi connectivity index (χ0n) is 17.1. The molecule has 0 spiro atoms. The van der Waals surface area contributed by atoms with Crippen LogP contribution in [0, 0.1) is 6.92 Å². The van der Waals surface area contributed by atoms with Crippen molar-refractivity contribution in [2.45, 2.75) is 24.2 Å². The molecule has 4 aromatic rings. The summed E-state index contributed by atoms with van der Waals surface area (Å²) in [6.07, 6.45) is 3.11. The SMILES string of the molecule is COc1ccc(C)cc1NC(=O)Cn1nc2c(SCc3ccccc3)nccn2c1=O. The Kier molecular flexibility index (Phi) is 6.03. The van der Waals surface area contributed by atoms with Crippen LogP contribution < -0.4 is 15.7 Å². The lowest BCUT2D eigenvalue weighted by Crippen LogP contribution is -2.28. The summed E-state index contributed by atoms with van der Waals surface area (Å²) in [7, 11) is 1.54. The van der Waals surface area contributed by atoms with Crippen molar-refractivity contribution in [2.75, 3.05) is 12.4 Å². The number of hydrogen-bond acceptors (Lipinski definition) is 6. The first kappa shape index (κ1) is 20.7. The van der Waals surface area contributed by atoms with Crippen LogP contribution in [0.25, 0.3) is 5.65 Å². The molecule has 0 radical (unpaired) electrons. The number of aryl methyl sites for hydroxylation is 1. The summed E-state index contributed by atoms with van der Waals surface area (Å²) in [6.45, 7) is 1.70. The van der Waals surface area contributed by atoms with Gasteiger partial charge in [-0.3, -0.25) is 4.79 Å². The number of methoxy groups -OCH3 is 1. The van der Waals surface area contributed by atoms with E-state index in [4.69, 9.17) is 4.74 Å². The Hall–Kier alpha value is -3.59. The van der Waals surface area contributed by atoms with E-state index >= 15 is 0 Å². The molecule has 158 valence electrons. The number of nitrogens with zero attached hydrogens (tertiary/aromatic N) is 4. The molecule has 0 fully saturated rings. The van der Waals surface area contributed by atoms with Crippen LogP contribution in [0.15, 0.2) is 70.7 Å². The Bertz CT molecular complexity index is 1280. The predicted molar refractivity (Wildman–Crippen MR) is 120 cm³/mol. The van der Waals surface area contributed by atoms with Crippen LogP contribution >= 0.6 is 11.8 Å². The summed E-state index contributed by atoms with van der Waals surface area (Å²) < 4.78 is 7.83. The number of aromatic nitrogens is 4. The summed E-state index contributed by atoms with van der Waals surface area (Å²) >= 11 is 1.49. The average molecular weight is 436 g/mol. The van der Waals surface area contributed by atoms with Gasteiger partial charge in [0.05, 0.1) is 12.8 Å². The molecule has 0 unspecified atom stereocenters. The molecule has 2 aromatic heterocycles. The first-order chi connectivity index (χ1) is 15.0. The number of ether oxygens (including phenoxy) is 1. The zero-order chi connectivity index (χ0) is 21.8. The van der Waals surface area contributed by atoms with Crippen LogP contribution in [0.2, 0.25) is 0 Å². The molecule has 8 nitrogen and oxygen atoms in total. The maximum atomic E-state index is 12.7. The van der Waals surface area contributed by atoms with Crippen molar-refractivity contribution >= 4 is 29.0 Å². The normalized spacial score (nSPS) is 10.9. The summed E-state index contributed by atoms with van der Waals surface area (Å²) in [4.78, 5) is 29.7. The van der Waals surface area contributed by atoms with Crippen LogP contribution in [0.3, 0.4) is 0 Å². The second kappa shape index (κ2) is 9.05. The molecule has 4 rings (SSSR count). The van der Waals surface area contributed by atoms with Gasteiger partial charge >= 0.3 is 5.69 Å². The molecule has 0 aliphatic heterocycles. The zero-order valence-corrected chi connectivity index (χ0v) is 17.9. The highest BCUT2D eigenvalue weighted by molar-refractivity contribution is 7.98. The minimum absolute atomic E-state index is 0.222. The quantitative estimate of drug-likeness (QED) is 0.449. The molecular formula is C22H21N5O3S. The van der Waals surface area contributed by atoms with Gasteiger partial charge in [-0.2, -0.15) is 0 Å². The number of benzene rings is 2. The number of carbonyl (C=O) groups excluding carboxylic acids is 1. The third-order valence-electron chi connectivity index (χ3n) is 4.61. The maximum Gasteiger partial charge on any atom is 0.350 e. The third kappa shape index (κ3) is 4.61. The van der Waals surface area contributed by atoms with Crippen LogP contribution in [-0.2, 0) is 17.1 Å². The summed E-state index contributed by atoms with van der Waals surface area (Å²) in [6, 6.07) is 15.5. The van der Waals surface area contributed by atoms with Gasteiger partial charge < -0.3 is 10.1 Å². The minimum Gasteiger partial charge on any atom is -0.495 e. The number of hydrogen-bond donors (Lipinski definition) is 1. The van der Waals surface area contributed by atoms with Crippen molar-refractivity contribution in [1.29, 1.82) is 0 Å². The highest BCUT2D eigenvalue weighted by Crippen LogP contribution is 2.25. The van der Waals surface area contributed by atoms with E-state index in [0.717, 1.165) is 15.8 Å². The molecule has 1 N–H and O–H groups in total. The fourth-order valence-electron chi connectivity index (χ4n) is 3.10. The fraction of sp³-hybridized carbons (Fsp3) is 0.182. The lowest BCUT2D eigenvalue weighted by atomic mass is 10.2. The lowest BCUT2D eigenvalue weighted by Gasteiger charge is -2.10. The van der Waals surface area contributed by atoms with Crippen LogP contribution in [0.5, 0.6) is 5.75 Å². The van der Waals surface area contributed by atoms with Crippen molar-refractivity contribution in [2.24, 2.45) is 0 Å².